The van der Waals surface area contributed by atoms with Crippen LogP contribution in [0.4, 0.5) is 5.69 Å². The van der Waals surface area contributed by atoms with Crippen molar-refractivity contribution in [2.24, 2.45) is 0 Å². The highest BCUT2D eigenvalue weighted by molar-refractivity contribution is 6.30. The molecule has 0 radical (unpaired) electrons. The first-order valence-electron chi connectivity index (χ1n) is 4.23. The van der Waals surface area contributed by atoms with E-state index >= 15 is 0 Å². The van der Waals surface area contributed by atoms with E-state index in [1.165, 1.54) is 0 Å². The summed E-state index contributed by atoms with van der Waals surface area (Å²) in [7, 11) is 1.69. The molecule has 0 saturated heterocycles. The lowest BCUT2D eigenvalue weighted by Crippen LogP contribution is -2.20. The molecule has 3 heteroatoms. The minimum absolute atomic E-state index is 0.311. The standard InChI is InChI=1S/C10H14ClNO/c1-8(7-13-2)12-10-5-3-9(11)4-6-10/h3-6,8,12H,7H2,1-2H3. The summed E-state index contributed by atoms with van der Waals surface area (Å²) in [5.41, 5.74) is 1.06. The molecule has 1 atom stereocenters. The zero-order valence-electron chi connectivity index (χ0n) is 7.88. The van der Waals surface area contributed by atoms with Crippen LogP contribution < -0.4 is 5.32 Å². The van der Waals surface area contributed by atoms with Gasteiger partial charge in [0.05, 0.1) is 6.61 Å². The second-order valence-electron chi connectivity index (χ2n) is 3.01. The summed E-state index contributed by atoms with van der Waals surface area (Å²) in [6, 6.07) is 7.95. The fourth-order valence-electron chi connectivity index (χ4n) is 1.12. The Bertz CT molecular complexity index is 248. The van der Waals surface area contributed by atoms with E-state index in [1.54, 1.807) is 7.11 Å². The van der Waals surface area contributed by atoms with E-state index < -0.39 is 0 Å². The second kappa shape index (κ2) is 5.10. The maximum absolute atomic E-state index is 5.76. The van der Waals surface area contributed by atoms with Crippen molar-refractivity contribution in [2.75, 3.05) is 19.0 Å². The van der Waals surface area contributed by atoms with Crippen molar-refractivity contribution in [3.8, 4) is 0 Å². The van der Waals surface area contributed by atoms with Gasteiger partial charge in [0.2, 0.25) is 0 Å². The molecule has 0 aliphatic heterocycles. The van der Waals surface area contributed by atoms with Gasteiger partial charge < -0.3 is 10.1 Å². The summed E-state index contributed by atoms with van der Waals surface area (Å²) in [6.45, 7) is 2.76. The van der Waals surface area contributed by atoms with E-state index in [0.29, 0.717) is 12.6 Å². The molecular formula is C10H14ClNO. The molecule has 72 valence electrons. The van der Waals surface area contributed by atoms with Crippen molar-refractivity contribution < 1.29 is 4.74 Å². The van der Waals surface area contributed by atoms with Gasteiger partial charge in [-0.25, -0.2) is 0 Å². The van der Waals surface area contributed by atoms with Crippen LogP contribution in [0.2, 0.25) is 5.02 Å². The Morgan fingerprint density at radius 1 is 1.38 bits per heavy atom. The molecule has 0 amide bonds. The monoisotopic (exact) mass is 199 g/mol. The molecule has 0 bridgehead atoms. The third-order valence-corrected chi connectivity index (χ3v) is 1.93. The third kappa shape index (κ3) is 3.66. The van der Waals surface area contributed by atoms with Crippen LogP contribution in [0.25, 0.3) is 0 Å². The molecule has 0 aliphatic rings. The Kier molecular flexibility index (Phi) is 4.06. The summed E-state index contributed by atoms with van der Waals surface area (Å²) in [6.07, 6.45) is 0. The number of rotatable bonds is 4. The number of ether oxygens (including phenoxy) is 1. The second-order valence-corrected chi connectivity index (χ2v) is 3.44. The molecule has 0 aromatic heterocycles. The zero-order chi connectivity index (χ0) is 9.68. The smallest absolute Gasteiger partial charge is 0.0661 e. The molecular weight excluding hydrogens is 186 g/mol. The molecule has 0 saturated carbocycles. The Morgan fingerprint density at radius 2 is 2.00 bits per heavy atom. The number of hydrogen-bond acceptors (Lipinski definition) is 2. The van der Waals surface area contributed by atoms with E-state index in [2.05, 4.69) is 12.2 Å². The van der Waals surface area contributed by atoms with Crippen LogP contribution in [0.1, 0.15) is 6.92 Å². The molecule has 1 N–H and O–H groups in total. The minimum Gasteiger partial charge on any atom is -0.383 e. The van der Waals surface area contributed by atoms with Gasteiger partial charge in [-0.3, -0.25) is 0 Å². The van der Waals surface area contributed by atoms with Crippen molar-refractivity contribution in [1.29, 1.82) is 0 Å². The Hall–Kier alpha value is -0.730. The molecule has 0 spiro atoms. The Morgan fingerprint density at radius 3 is 2.54 bits per heavy atom. The lowest BCUT2D eigenvalue weighted by molar-refractivity contribution is 0.190. The van der Waals surface area contributed by atoms with Crippen LogP contribution in [0.5, 0.6) is 0 Å². The molecule has 0 aliphatic carbocycles. The summed E-state index contributed by atoms with van der Waals surface area (Å²) in [4.78, 5) is 0. The summed E-state index contributed by atoms with van der Waals surface area (Å²) >= 11 is 5.76. The topological polar surface area (TPSA) is 21.3 Å². The maximum atomic E-state index is 5.76. The Labute approximate surface area is 83.9 Å². The van der Waals surface area contributed by atoms with Gasteiger partial charge in [-0.1, -0.05) is 11.6 Å². The van der Waals surface area contributed by atoms with Crippen LogP contribution in [0, 0.1) is 0 Å². The molecule has 1 unspecified atom stereocenters. The van der Waals surface area contributed by atoms with Crippen molar-refractivity contribution in [2.45, 2.75) is 13.0 Å². The van der Waals surface area contributed by atoms with Crippen molar-refractivity contribution in [3.05, 3.63) is 29.3 Å². The Balaban J connectivity index is 2.49. The first-order valence-corrected chi connectivity index (χ1v) is 4.61. The van der Waals surface area contributed by atoms with Crippen molar-refractivity contribution in [3.63, 3.8) is 0 Å². The van der Waals surface area contributed by atoms with Crippen LogP contribution >= 0.6 is 11.6 Å². The summed E-state index contributed by atoms with van der Waals surface area (Å²) in [5.74, 6) is 0. The molecule has 0 heterocycles. The van der Waals surface area contributed by atoms with Crippen LogP contribution in [-0.2, 0) is 4.74 Å². The largest absolute Gasteiger partial charge is 0.383 e. The minimum atomic E-state index is 0.311. The lowest BCUT2D eigenvalue weighted by atomic mass is 10.3. The van der Waals surface area contributed by atoms with Gasteiger partial charge in [0.25, 0.3) is 0 Å². The van der Waals surface area contributed by atoms with E-state index in [1.807, 2.05) is 24.3 Å². The SMILES string of the molecule is COCC(C)Nc1ccc(Cl)cc1. The number of anilines is 1. The van der Waals surface area contributed by atoms with Gasteiger partial charge in [-0.05, 0) is 31.2 Å². The predicted molar refractivity (Wildman–Crippen MR) is 56.4 cm³/mol. The van der Waals surface area contributed by atoms with Gasteiger partial charge in [0.1, 0.15) is 0 Å². The molecule has 13 heavy (non-hydrogen) atoms. The quantitative estimate of drug-likeness (QED) is 0.805. The number of benzene rings is 1. The van der Waals surface area contributed by atoms with Gasteiger partial charge >= 0.3 is 0 Å². The predicted octanol–water partition coefficient (Wildman–Crippen LogP) is 2.79. The fourth-order valence-corrected chi connectivity index (χ4v) is 1.25. The highest BCUT2D eigenvalue weighted by atomic mass is 35.5. The van der Waals surface area contributed by atoms with Crippen molar-refractivity contribution >= 4 is 17.3 Å². The molecule has 0 fully saturated rings. The van der Waals surface area contributed by atoms with Crippen molar-refractivity contribution in [1.82, 2.24) is 0 Å². The number of hydrogen-bond donors (Lipinski definition) is 1. The zero-order valence-corrected chi connectivity index (χ0v) is 8.64. The first kappa shape index (κ1) is 10.4. The van der Waals surface area contributed by atoms with E-state index in [0.717, 1.165) is 10.7 Å². The number of halogens is 1. The summed E-state index contributed by atoms with van der Waals surface area (Å²) in [5, 5.41) is 4.04. The fraction of sp³-hybridized carbons (Fsp3) is 0.400. The lowest BCUT2D eigenvalue weighted by Gasteiger charge is -2.13. The van der Waals surface area contributed by atoms with Gasteiger partial charge in [-0.15, -0.1) is 0 Å². The maximum Gasteiger partial charge on any atom is 0.0661 e. The average Bonchev–Trinajstić information content (AvgIpc) is 2.09. The molecule has 1 aromatic carbocycles. The van der Waals surface area contributed by atoms with Crippen LogP contribution in [0.15, 0.2) is 24.3 Å². The highest BCUT2D eigenvalue weighted by Gasteiger charge is 1.99. The van der Waals surface area contributed by atoms with Gasteiger partial charge in [0.15, 0.2) is 0 Å². The van der Waals surface area contributed by atoms with Gasteiger partial charge in [0, 0.05) is 23.9 Å². The average molecular weight is 200 g/mol. The van der Waals surface area contributed by atoms with Gasteiger partial charge in [-0.2, -0.15) is 0 Å². The first-order chi connectivity index (χ1) is 6.22. The van der Waals surface area contributed by atoms with E-state index in [4.69, 9.17) is 16.3 Å². The summed E-state index contributed by atoms with van der Waals surface area (Å²) < 4.78 is 5.01. The van der Waals surface area contributed by atoms with E-state index in [9.17, 15) is 0 Å². The molecule has 1 rings (SSSR count). The molecule has 2 nitrogen and oxygen atoms in total. The molecule has 1 aromatic rings. The normalized spacial score (nSPS) is 12.5. The van der Waals surface area contributed by atoms with Crippen LogP contribution in [-0.4, -0.2) is 19.8 Å². The highest BCUT2D eigenvalue weighted by Crippen LogP contribution is 2.13. The van der Waals surface area contributed by atoms with Crippen LogP contribution in [0.3, 0.4) is 0 Å². The number of methoxy groups -OCH3 is 1. The number of nitrogens with one attached hydrogen (secondary N) is 1. The van der Waals surface area contributed by atoms with E-state index in [-0.39, 0.29) is 0 Å². The third-order valence-electron chi connectivity index (χ3n) is 1.67.